The van der Waals surface area contributed by atoms with Crippen LogP contribution in [0.25, 0.3) is 0 Å². The molecule has 5 rings (SSSR count). The maximum atomic E-state index is 13.2. The normalized spacial score (nSPS) is 21.3. The lowest BCUT2D eigenvalue weighted by Gasteiger charge is -2.36. The number of methoxy groups -OCH3 is 1. The van der Waals surface area contributed by atoms with Crippen molar-refractivity contribution in [2.75, 3.05) is 49.6 Å². The zero-order valence-electron chi connectivity index (χ0n) is 20.3. The number of hydrogen-bond acceptors (Lipinski definition) is 7. The van der Waals surface area contributed by atoms with Gasteiger partial charge in [-0.15, -0.1) is 10.2 Å². The molecular weight excluding hydrogens is 446 g/mol. The van der Waals surface area contributed by atoms with Crippen LogP contribution >= 0.6 is 0 Å². The van der Waals surface area contributed by atoms with Crippen LogP contribution in [0.1, 0.15) is 38.5 Å². The van der Waals surface area contributed by atoms with Crippen molar-refractivity contribution in [3.63, 3.8) is 0 Å². The molecule has 3 heterocycles. The third kappa shape index (κ3) is 5.33. The minimum Gasteiger partial charge on any atom is -0.497 e. The predicted octanol–water partition coefficient (Wildman–Crippen LogP) is 2.90. The molecule has 1 aromatic carbocycles. The summed E-state index contributed by atoms with van der Waals surface area (Å²) in [5, 5.41) is 8.65. The van der Waals surface area contributed by atoms with Gasteiger partial charge in [-0.25, -0.2) is 0 Å². The van der Waals surface area contributed by atoms with Gasteiger partial charge in [0.1, 0.15) is 11.9 Å². The van der Waals surface area contributed by atoms with Gasteiger partial charge in [-0.05, 0) is 43.9 Å². The van der Waals surface area contributed by atoms with E-state index in [4.69, 9.17) is 9.47 Å². The average molecular weight is 480 g/mol. The number of piperazine rings is 1. The SMILES string of the molecule is COc1cccc(N2CC(C(=O)N3CCN(c4ccc(OC5CCCCC5)nn4)CC3)CC2=O)c1. The van der Waals surface area contributed by atoms with Crippen molar-refractivity contribution in [1.82, 2.24) is 15.1 Å². The van der Waals surface area contributed by atoms with E-state index in [0.717, 1.165) is 24.3 Å². The van der Waals surface area contributed by atoms with Crippen LogP contribution in [0, 0.1) is 5.92 Å². The molecule has 0 radical (unpaired) electrons. The number of nitrogens with zero attached hydrogens (tertiary/aromatic N) is 5. The second-order valence-corrected chi connectivity index (χ2v) is 9.53. The molecule has 0 bridgehead atoms. The number of carbonyl (C=O) groups is 2. The van der Waals surface area contributed by atoms with E-state index in [-0.39, 0.29) is 30.3 Å². The van der Waals surface area contributed by atoms with Crippen molar-refractivity contribution in [1.29, 1.82) is 0 Å². The van der Waals surface area contributed by atoms with Gasteiger partial charge in [0.25, 0.3) is 0 Å². The third-order valence-corrected chi connectivity index (χ3v) is 7.22. The molecule has 2 aromatic rings. The summed E-state index contributed by atoms with van der Waals surface area (Å²) in [7, 11) is 1.60. The molecular formula is C26H33N5O4. The van der Waals surface area contributed by atoms with Gasteiger partial charge in [0.05, 0.1) is 13.0 Å². The second kappa shape index (κ2) is 10.5. The average Bonchev–Trinajstić information content (AvgIpc) is 3.31. The van der Waals surface area contributed by atoms with Gasteiger partial charge >= 0.3 is 0 Å². The van der Waals surface area contributed by atoms with Crippen molar-refractivity contribution in [2.24, 2.45) is 5.92 Å². The lowest BCUT2D eigenvalue weighted by molar-refractivity contribution is -0.136. The summed E-state index contributed by atoms with van der Waals surface area (Å²) in [5.74, 6) is 1.77. The first-order valence-corrected chi connectivity index (χ1v) is 12.6. The van der Waals surface area contributed by atoms with Gasteiger partial charge in [0, 0.05) is 57.0 Å². The minimum atomic E-state index is -0.323. The zero-order valence-corrected chi connectivity index (χ0v) is 20.3. The minimum absolute atomic E-state index is 0.0268. The van der Waals surface area contributed by atoms with Gasteiger partial charge in [-0.1, -0.05) is 12.5 Å². The molecule has 186 valence electrons. The summed E-state index contributed by atoms with van der Waals surface area (Å²) in [6.45, 7) is 2.97. The van der Waals surface area contributed by atoms with E-state index in [1.807, 2.05) is 41.3 Å². The molecule has 3 aliphatic rings. The highest BCUT2D eigenvalue weighted by Crippen LogP contribution is 2.29. The lowest BCUT2D eigenvalue weighted by Crippen LogP contribution is -2.51. The van der Waals surface area contributed by atoms with E-state index >= 15 is 0 Å². The summed E-state index contributed by atoms with van der Waals surface area (Å²) in [5.41, 5.74) is 0.768. The largest absolute Gasteiger partial charge is 0.497 e. The number of amides is 2. The van der Waals surface area contributed by atoms with Gasteiger partial charge in [0.15, 0.2) is 5.82 Å². The Morgan fingerprint density at radius 1 is 1.00 bits per heavy atom. The van der Waals surface area contributed by atoms with E-state index in [1.165, 1.54) is 19.3 Å². The van der Waals surface area contributed by atoms with E-state index in [1.54, 1.807) is 12.0 Å². The molecule has 35 heavy (non-hydrogen) atoms. The molecule has 1 aromatic heterocycles. The first-order chi connectivity index (χ1) is 17.1. The molecule has 1 atom stereocenters. The number of hydrogen-bond donors (Lipinski definition) is 0. The fourth-order valence-corrected chi connectivity index (χ4v) is 5.21. The van der Waals surface area contributed by atoms with Crippen molar-refractivity contribution < 1.29 is 19.1 Å². The third-order valence-electron chi connectivity index (χ3n) is 7.22. The summed E-state index contributed by atoms with van der Waals surface area (Å²) in [4.78, 5) is 31.5. The number of carbonyl (C=O) groups excluding carboxylic acids is 2. The second-order valence-electron chi connectivity index (χ2n) is 9.53. The molecule has 3 fully saturated rings. The van der Waals surface area contributed by atoms with E-state index in [0.29, 0.717) is 44.4 Å². The molecule has 1 aliphatic carbocycles. The van der Waals surface area contributed by atoms with E-state index < -0.39 is 0 Å². The Bertz CT molecular complexity index is 1030. The maximum absolute atomic E-state index is 13.2. The Morgan fingerprint density at radius 3 is 2.51 bits per heavy atom. The first kappa shape index (κ1) is 23.4. The molecule has 2 aliphatic heterocycles. The fraction of sp³-hybridized carbons (Fsp3) is 0.538. The number of benzene rings is 1. The smallest absolute Gasteiger partial charge is 0.233 e. The summed E-state index contributed by atoms with van der Waals surface area (Å²) >= 11 is 0. The molecule has 9 heteroatoms. The van der Waals surface area contributed by atoms with Gasteiger partial charge in [-0.3, -0.25) is 9.59 Å². The molecule has 2 saturated heterocycles. The van der Waals surface area contributed by atoms with Crippen molar-refractivity contribution >= 4 is 23.3 Å². The predicted molar refractivity (Wildman–Crippen MR) is 132 cm³/mol. The quantitative estimate of drug-likeness (QED) is 0.630. The molecule has 9 nitrogen and oxygen atoms in total. The molecule has 1 saturated carbocycles. The van der Waals surface area contributed by atoms with Crippen LogP contribution < -0.4 is 19.3 Å². The van der Waals surface area contributed by atoms with Crippen LogP contribution in [0.3, 0.4) is 0 Å². The monoisotopic (exact) mass is 479 g/mol. The number of anilines is 2. The van der Waals surface area contributed by atoms with Crippen molar-refractivity contribution in [3.8, 4) is 11.6 Å². The van der Waals surface area contributed by atoms with Gasteiger partial charge < -0.3 is 24.2 Å². The molecule has 2 amide bonds. The van der Waals surface area contributed by atoms with Crippen LogP contribution in [-0.2, 0) is 9.59 Å². The van der Waals surface area contributed by atoms with Crippen LogP contribution in [0.4, 0.5) is 11.5 Å². The first-order valence-electron chi connectivity index (χ1n) is 12.6. The van der Waals surface area contributed by atoms with Crippen LogP contribution in [-0.4, -0.2) is 72.8 Å². The van der Waals surface area contributed by atoms with E-state index in [9.17, 15) is 9.59 Å². The van der Waals surface area contributed by atoms with Gasteiger partial charge in [0.2, 0.25) is 17.7 Å². The zero-order chi connectivity index (χ0) is 24.2. The summed E-state index contributed by atoms with van der Waals surface area (Å²) in [6, 6.07) is 11.2. The summed E-state index contributed by atoms with van der Waals surface area (Å²) in [6.07, 6.45) is 6.38. The van der Waals surface area contributed by atoms with Gasteiger partial charge in [-0.2, -0.15) is 0 Å². The van der Waals surface area contributed by atoms with Crippen LogP contribution in [0.15, 0.2) is 36.4 Å². The highest BCUT2D eigenvalue weighted by molar-refractivity contribution is 6.00. The Morgan fingerprint density at radius 2 is 1.80 bits per heavy atom. The fourth-order valence-electron chi connectivity index (χ4n) is 5.21. The number of aromatic nitrogens is 2. The number of ether oxygens (including phenoxy) is 2. The van der Waals surface area contributed by atoms with Crippen LogP contribution in [0.2, 0.25) is 0 Å². The topological polar surface area (TPSA) is 88.1 Å². The van der Waals surface area contributed by atoms with E-state index in [2.05, 4.69) is 15.1 Å². The highest BCUT2D eigenvalue weighted by Gasteiger charge is 2.38. The Balaban J connectivity index is 1.13. The highest BCUT2D eigenvalue weighted by atomic mass is 16.5. The van der Waals surface area contributed by atoms with Crippen LogP contribution in [0.5, 0.6) is 11.6 Å². The Hall–Kier alpha value is -3.36. The Labute approximate surface area is 206 Å². The number of rotatable bonds is 6. The molecule has 0 N–H and O–H groups in total. The van der Waals surface area contributed by atoms with Crippen molar-refractivity contribution in [2.45, 2.75) is 44.6 Å². The molecule has 1 unspecified atom stereocenters. The Kier molecular flexibility index (Phi) is 7.01. The lowest BCUT2D eigenvalue weighted by atomic mass is 9.98. The van der Waals surface area contributed by atoms with Crippen molar-refractivity contribution in [3.05, 3.63) is 36.4 Å². The molecule has 0 spiro atoms. The summed E-state index contributed by atoms with van der Waals surface area (Å²) < 4.78 is 11.3. The standard InChI is InChI=1S/C26H33N5O4/c1-34-22-9-5-6-20(17-22)31-18-19(16-25(31)32)26(33)30-14-12-29(13-15-30)23-10-11-24(28-27-23)35-21-7-3-2-4-8-21/h5-6,9-11,17,19,21H,2-4,7-8,12-16,18H2,1H3. The maximum Gasteiger partial charge on any atom is 0.233 e.